The smallest absolute Gasteiger partial charge is 0.252 e. The number of nitrogens with zero attached hydrogens (tertiary/aromatic N) is 4. The van der Waals surface area contributed by atoms with Gasteiger partial charge >= 0.3 is 0 Å². The first-order valence-electron chi connectivity index (χ1n) is 8.91. The Hall–Kier alpha value is -3.72. The maximum Gasteiger partial charge on any atom is 0.252 e. The summed E-state index contributed by atoms with van der Waals surface area (Å²) < 4.78 is 1.87. The minimum absolute atomic E-state index is 0.0338. The fourth-order valence-corrected chi connectivity index (χ4v) is 2.76. The van der Waals surface area contributed by atoms with E-state index in [1.54, 1.807) is 12.1 Å². The molecule has 0 amide bonds. The predicted molar refractivity (Wildman–Crippen MR) is 108 cm³/mol. The second-order valence-corrected chi connectivity index (χ2v) is 6.10. The summed E-state index contributed by atoms with van der Waals surface area (Å²) in [5.41, 5.74) is 1.50. The third-order valence-electron chi connectivity index (χ3n) is 4.15. The molecule has 0 spiro atoms. The van der Waals surface area contributed by atoms with Gasteiger partial charge in [0.25, 0.3) is 5.96 Å². The van der Waals surface area contributed by atoms with E-state index < -0.39 is 0 Å². The molecule has 2 aromatic rings. The van der Waals surface area contributed by atoms with E-state index in [1.165, 1.54) is 0 Å². The van der Waals surface area contributed by atoms with Gasteiger partial charge in [-0.2, -0.15) is 5.26 Å². The van der Waals surface area contributed by atoms with Gasteiger partial charge in [-0.3, -0.25) is 5.41 Å². The number of aliphatic hydroxyl groups is 1. The Morgan fingerprint density at radius 3 is 2.54 bits per heavy atom. The van der Waals surface area contributed by atoms with Crippen molar-refractivity contribution >= 4 is 24.2 Å². The Morgan fingerprint density at radius 2 is 1.96 bits per heavy atom. The summed E-state index contributed by atoms with van der Waals surface area (Å²) in [7, 11) is 0. The lowest BCUT2D eigenvalue weighted by Gasteiger charge is -2.17. The molecule has 0 fully saturated rings. The topological polar surface area (TPSA) is 98.5 Å². The minimum Gasteiger partial charge on any atom is -0.394 e. The van der Waals surface area contributed by atoms with E-state index >= 15 is 0 Å². The van der Waals surface area contributed by atoms with Crippen molar-refractivity contribution in [2.24, 2.45) is 4.99 Å². The van der Waals surface area contributed by atoms with Gasteiger partial charge in [0.1, 0.15) is 6.54 Å². The molecule has 0 radical (unpaired) electrons. The summed E-state index contributed by atoms with van der Waals surface area (Å²) in [4.78, 5) is 4.47. The average Bonchev–Trinajstić information content (AvgIpc) is 3.27. The molecule has 140 valence electrons. The molecule has 0 aromatic heterocycles. The predicted octanol–water partition coefficient (Wildman–Crippen LogP) is -0.484. The molecule has 0 saturated carbocycles. The summed E-state index contributed by atoms with van der Waals surface area (Å²) >= 11 is 0. The number of nitriles is 1. The molecule has 0 bridgehead atoms. The van der Waals surface area contributed by atoms with Crippen molar-refractivity contribution in [1.29, 1.82) is 10.7 Å². The number of nitrogens with one attached hydrogen (secondary N) is 2. The lowest BCUT2D eigenvalue weighted by Crippen LogP contribution is -2.46. The van der Waals surface area contributed by atoms with E-state index in [9.17, 15) is 5.11 Å². The molecule has 3 N–H and O–H groups in total. The Labute approximate surface area is 163 Å². The van der Waals surface area contributed by atoms with E-state index in [-0.39, 0.29) is 6.61 Å². The number of aliphatic hydroxyl groups excluding tert-OH is 1. The Kier molecular flexibility index (Phi) is 6.32. The van der Waals surface area contributed by atoms with Crippen molar-refractivity contribution in [2.45, 2.75) is 0 Å². The molecule has 0 atom stereocenters. The first kappa shape index (κ1) is 19.1. The van der Waals surface area contributed by atoms with Gasteiger partial charge in [0, 0.05) is 22.5 Å². The summed E-state index contributed by atoms with van der Waals surface area (Å²) in [5, 5.41) is 32.5. The van der Waals surface area contributed by atoms with Crippen LogP contribution in [0.2, 0.25) is 0 Å². The second-order valence-electron chi connectivity index (χ2n) is 6.10. The third kappa shape index (κ3) is 4.71. The first-order valence-corrected chi connectivity index (χ1v) is 8.91. The van der Waals surface area contributed by atoms with Crippen LogP contribution in [0.4, 0.5) is 0 Å². The molecule has 1 heterocycles. The lowest BCUT2D eigenvalue weighted by atomic mass is 10.2. The van der Waals surface area contributed by atoms with Crippen molar-refractivity contribution in [3.8, 4) is 6.07 Å². The quantitative estimate of drug-likeness (QED) is 0.374. The number of aliphatic imine (C=N–C) groups is 1. The van der Waals surface area contributed by atoms with Gasteiger partial charge in [0.15, 0.2) is 0 Å². The maximum absolute atomic E-state index is 9.57. The molecule has 3 rings (SSSR count). The molecule has 2 aromatic carbocycles. The SMILES string of the molecule is N#Cc1ccc(C=[N+](C=c2ccc(=C=N)cc2)N(CCO)C2=NCCN2)cc1. The van der Waals surface area contributed by atoms with Gasteiger partial charge in [-0.1, -0.05) is 4.68 Å². The number of hydrazine groups is 1. The molecule has 1 aliphatic rings. The van der Waals surface area contributed by atoms with Crippen LogP contribution in [0.3, 0.4) is 0 Å². The molecule has 0 unspecified atom stereocenters. The van der Waals surface area contributed by atoms with Crippen molar-refractivity contribution in [1.82, 2.24) is 10.3 Å². The second kappa shape index (κ2) is 9.28. The highest BCUT2D eigenvalue weighted by molar-refractivity contribution is 5.82. The number of rotatable bonds is 5. The van der Waals surface area contributed by atoms with Crippen LogP contribution < -0.4 is 15.8 Å². The van der Waals surface area contributed by atoms with Crippen LogP contribution in [0.15, 0.2) is 53.5 Å². The summed E-state index contributed by atoms with van der Waals surface area (Å²) in [6.45, 7) is 1.77. The Morgan fingerprint density at radius 1 is 1.21 bits per heavy atom. The van der Waals surface area contributed by atoms with Gasteiger partial charge in [0.05, 0.1) is 24.8 Å². The summed E-state index contributed by atoms with van der Waals surface area (Å²) in [5.74, 6) is 3.06. The van der Waals surface area contributed by atoms with E-state index in [4.69, 9.17) is 10.7 Å². The number of hydrogen-bond donors (Lipinski definition) is 3. The fourth-order valence-electron chi connectivity index (χ4n) is 2.76. The van der Waals surface area contributed by atoms with Crippen LogP contribution in [0.1, 0.15) is 11.1 Å². The van der Waals surface area contributed by atoms with Crippen LogP contribution in [-0.4, -0.2) is 59.1 Å². The molecule has 1 aliphatic heterocycles. The molecule has 0 saturated heterocycles. The molecule has 0 aliphatic carbocycles. The summed E-state index contributed by atoms with van der Waals surface area (Å²) in [6.07, 6.45) is 3.83. The highest BCUT2D eigenvalue weighted by Crippen LogP contribution is 2.03. The minimum atomic E-state index is -0.0338. The highest BCUT2D eigenvalue weighted by Gasteiger charge is 2.23. The largest absolute Gasteiger partial charge is 0.394 e. The molecular formula is C21H21N6O+. The van der Waals surface area contributed by atoms with Gasteiger partial charge < -0.3 is 10.4 Å². The maximum atomic E-state index is 9.57. The lowest BCUT2D eigenvalue weighted by molar-refractivity contribution is -0.577. The number of benzene rings is 2. The van der Waals surface area contributed by atoms with Gasteiger partial charge in [0.2, 0.25) is 12.4 Å². The zero-order valence-corrected chi connectivity index (χ0v) is 15.3. The molecule has 7 heteroatoms. The van der Waals surface area contributed by atoms with Crippen LogP contribution in [0.5, 0.6) is 0 Å². The van der Waals surface area contributed by atoms with E-state index in [2.05, 4.69) is 22.2 Å². The fraction of sp³-hybridized carbons (Fsp3) is 0.190. The van der Waals surface area contributed by atoms with Crippen molar-refractivity contribution in [3.63, 3.8) is 0 Å². The Balaban J connectivity index is 2.09. The molecular weight excluding hydrogens is 352 g/mol. The Bertz CT molecular complexity index is 1050. The average molecular weight is 373 g/mol. The van der Waals surface area contributed by atoms with Crippen molar-refractivity contribution in [3.05, 3.63) is 70.1 Å². The van der Waals surface area contributed by atoms with E-state index in [0.29, 0.717) is 29.8 Å². The zero-order chi connectivity index (χ0) is 19.8. The number of hydrogen-bond acceptors (Lipinski definition) is 6. The highest BCUT2D eigenvalue weighted by atomic mass is 16.3. The van der Waals surface area contributed by atoms with Crippen LogP contribution in [0.25, 0.3) is 6.20 Å². The molecule has 7 nitrogen and oxygen atoms in total. The number of hydrazone groups is 1. The van der Waals surface area contributed by atoms with Crippen molar-refractivity contribution in [2.75, 3.05) is 26.2 Å². The first-order chi connectivity index (χ1) is 13.7. The van der Waals surface area contributed by atoms with Gasteiger partial charge in [-0.05, 0) is 54.4 Å². The van der Waals surface area contributed by atoms with E-state index in [0.717, 1.165) is 17.3 Å². The van der Waals surface area contributed by atoms with Gasteiger partial charge in [-0.25, -0.2) is 4.99 Å². The monoisotopic (exact) mass is 373 g/mol. The third-order valence-corrected chi connectivity index (χ3v) is 4.15. The zero-order valence-electron chi connectivity index (χ0n) is 15.3. The van der Waals surface area contributed by atoms with Crippen LogP contribution in [-0.2, 0) is 0 Å². The van der Waals surface area contributed by atoms with Crippen molar-refractivity contribution < 1.29 is 9.79 Å². The molecule has 28 heavy (non-hydrogen) atoms. The number of guanidine groups is 1. The van der Waals surface area contributed by atoms with Gasteiger partial charge in [-0.15, -0.1) is 5.01 Å². The van der Waals surface area contributed by atoms with Crippen LogP contribution in [0, 0.1) is 16.7 Å². The normalized spacial score (nSPS) is 13.1. The summed E-state index contributed by atoms with van der Waals surface area (Å²) in [6, 6.07) is 16.8. The standard InChI is InChI=1S/C21H21N6O/c22-13-17-1-5-19(6-2-17)15-26(16-20-7-3-18(14-23)4-8-20)27(11-12-28)21-24-9-10-25-21/h1-8,15-16,22,28H,9-12H2,(H,24,25)/q+1. The van der Waals surface area contributed by atoms with Crippen LogP contribution >= 0.6 is 0 Å². The van der Waals surface area contributed by atoms with E-state index in [1.807, 2.05) is 58.5 Å².